The Morgan fingerprint density at radius 1 is 1.45 bits per heavy atom. The van der Waals surface area contributed by atoms with E-state index in [4.69, 9.17) is 23.9 Å². The van der Waals surface area contributed by atoms with Crippen molar-refractivity contribution in [3.05, 3.63) is 69.5 Å². The zero-order chi connectivity index (χ0) is 21.3. The molecular weight excluding hydrogens is 397 g/mol. The van der Waals surface area contributed by atoms with E-state index in [9.17, 15) is 14.0 Å². The van der Waals surface area contributed by atoms with Gasteiger partial charge in [-0.15, -0.1) is 0 Å². The predicted molar refractivity (Wildman–Crippen MR) is 106 cm³/mol. The minimum atomic E-state index is -1.18. The smallest absolute Gasteiger partial charge is 0.231 e. The van der Waals surface area contributed by atoms with E-state index in [2.05, 4.69) is 14.8 Å². The summed E-state index contributed by atoms with van der Waals surface area (Å²) in [6, 6.07) is 5.58. The fraction of sp³-hybridized carbons (Fsp3) is 0.250. The Labute approximate surface area is 171 Å². The molecule has 0 radical (unpaired) electrons. The highest BCUT2D eigenvalue weighted by Crippen LogP contribution is 2.35. The number of Topliss-reactive ketones (excluding diaryl/α,β-unsaturated/α-hetero) is 1. The maximum atomic E-state index is 14.6. The number of ketones is 1. The number of halogens is 2. The number of hydrogen-bond donors (Lipinski definition) is 1. The molecule has 0 saturated heterocycles. The predicted octanol–water partition coefficient (Wildman–Crippen LogP) is 3.24. The van der Waals surface area contributed by atoms with Crippen molar-refractivity contribution in [2.24, 2.45) is 10.7 Å². The van der Waals surface area contributed by atoms with Gasteiger partial charge in [-0.2, -0.15) is 0 Å². The van der Waals surface area contributed by atoms with Crippen molar-refractivity contribution in [1.29, 1.82) is 0 Å². The number of rotatable bonds is 4. The van der Waals surface area contributed by atoms with E-state index in [1.54, 1.807) is 6.92 Å². The van der Waals surface area contributed by atoms with Gasteiger partial charge in [-0.3, -0.25) is 19.5 Å². The van der Waals surface area contributed by atoms with Crippen molar-refractivity contribution in [2.75, 3.05) is 7.05 Å². The second-order valence-corrected chi connectivity index (χ2v) is 7.33. The number of carbonyl (C=O) groups excluding carboxylic acids is 2. The molecule has 0 saturated carbocycles. The first-order valence-corrected chi connectivity index (χ1v) is 8.99. The summed E-state index contributed by atoms with van der Waals surface area (Å²) < 4.78 is 14.6. The van der Waals surface area contributed by atoms with E-state index in [1.165, 1.54) is 42.4 Å². The van der Waals surface area contributed by atoms with Crippen LogP contribution in [0.3, 0.4) is 0 Å². The van der Waals surface area contributed by atoms with E-state index >= 15 is 0 Å². The molecule has 148 valence electrons. The van der Waals surface area contributed by atoms with Crippen LogP contribution in [-0.4, -0.2) is 34.6 Å². The molecule has 1 unspecified atom stereocenters. The zero-order valence-electron chi connectivity index (χ0n) is 15.7. The molecule has 1 atom stereocenters. The zero-order valence-corrected chi connectivity index (χ0v) is 16.5. The molecule has 1 aromatic heterocycles. The van der Waals surface area contributed by atoms with Crippen LogP contribution in [-0.2, 0) is 16.8 Å². The number of nitrogens with zero attached hydrogens (tertiary/aromatic N) is 4. The molecule has 1 aliphatic rings. The lowest BCUT2D eigenvalue weighted by molar-refractivity contribution is -0.128. The van der Waals surface area contributed by atoms with Crippen molar-refractivity contribution in [3.63, 3.8) is 0 Å². The SMILES string of the molecule is [C-]#[N+]c1cnc(C(=O)Cc2ccc(F)c(C3(C)CC(=O)N(C)C(N)=N3)c2)c(Cl)c1. The largest absolute Gasteiger partial charge is 0.369 e. The monoisotopic (exact) mass is 413 g/mol. The molecule has 29 heavy (non-hydrogen) atoms. The average Bonchev–Trinajstić information content (AvgIpc) is 2.67. The van der Waals surface area contributed by atoms with Crippen LogP contribution in [0.4, 0.5) is 10.1 Å². The summed E-state index contributed by atoms with van der Waals surface area (Å²) in [5.41, 5.74) is 5.58. The Hall–Kier alpha value is -3.31. The Morgan fingerprint density at radius 3 is 2.79 bits per heavy atom. The van der Waals surface area contributed by atoms with Crippen molar-refractivity contribution in [3.8, 4) is 0 Å². The number of aromatic nitrogens is 1. The maximum absolute atomic E-state index is 14.6. The molecule has 1 aromatic carbocycles. The number of pyridine rings is 1. The van der Waals surface area contributed by atoms with Crippen LogP contribution in [0.1, 0.15) is 35.0 Å². The Bertz CT molecular complexity index is 1090. The molecule has 1 aliphatic heterocycles. The summed E-state index contributed by atoms with van der Waals surface area (Å²) in [6.45, 7) is 8.58. The van der Waals surface area contributed by atoms with Gasteiger partial charge in [0.25, 0.3) is 0 Å². The number of benzene rings is 1. The quantitative estimate of drug-likeness (QED) is 0.615. The summed E-state index contributed by atoms with van der Waals surface area (Å²) in [7, 11) is 1.50. The minimum absolute atomic E-state index is 0.000471. The van der Waals surface area contributed by atoms with Crippen LogP contribution in [0.15, 0.2) is 35.5 Å². The van der Waals surface area contributed by atoms with E-state index < -0.39 is 11.4 Å². The third-order valence-electron chi connectivity index (χ3n) is 4.77. The van der Waals surface area contributed by atoms with E-state index in [0.29, 0.717) is 5.56 Å². The van der Waals surface area contributed by atoms with E-state index in [-0.39, 0.29) is 52.5 Å². The average molecular weight is 414 g/mol. The molecule has 0 aliphatic carbocycles. The second kappa shape index (κ2) is 7.60. The number of carbonyl (C=O) groups is 2. The van der Waals surface area contributed by atoms with Crippen LogP contribution in [0, 0.1) is 12.4 Å². The maximum Gasteiger partial charge on any atom is 0.231 e. The third kappa shape index (κ3) is 3.96. The standard InChI is InChI=1S/C20H17ClFN5O2/c1-20(9-17(29)27(3)19(23)26-20)13-6-11(4-5-15(13)22)7-16(28)18-14(21)8-12(24-2)10-25-18/h4-6,8,10H,7,9H2,1,3H3,(H2,23,26). The van der Waals surface area contributed by atoms with Gasteiger partial charge in [-0.1, -0.05) is 17.7 Å². The lowest BCUT2D eigenvalue weighted by atomic mass is 9.85. The van der Waals surface area contributed by atoms with Gasteiger partial charge in [0.05, 0.1) is 23.6 Å². The van der Waals surface area contributed by atoms with Crippen molar-refractivity contribution >= 4 is 34.9 Å². The fourth-order valence-corrected chi connectivity index (χ4v) is 3.39. The highest BCUT2D eigenvalue weighted by atomic mass is 35.5. The van der Waals surface area contributed by atoms with Gasteiger partial charge in [-0.05, 0) is 30.7 Å². The molecule has 2 aromatic rings. The van der Waals surface area contributed by atoms with Crippen LogP contribution in [0.2, 0.25) is 5.02 Å². The fourth-order valence-electron chi connectivity index (χ4n) is 3.12. The van der Waals surface area contributed by atoms with Crippen LogP contribution in [0.25, 0.3) is 4.85 Å². The van der Waals surface area contributed by atoms with E-state index in [1.807, 2.05) is 0 Å². The topological polar surface area (TPSA) is 93.0 Å². The Balaban J connectivity index is 1.93. The van der Waals surface area contributed by atoms with Gasteiger partial charge in [0.1, 0.15) is 11.5 Å². The number of hydrogen-bond acceptors (Lipinski definition) is 5. The van der Waals surface area contributed by atoms with Crippen molar-refractivity contribution < 1.29 is 14.0 Å². The summed E-state index contributed by atoms with van der Waals surface area (Å²) in [4.78, 5) is 37.5. The van der Waals surface area contributed by atoms with E-state index in [0.717, 1.165) is 0 Å². The van der Waals surface area contributed by atoms with Crippen LogP contribution in [0.5, 0.6) is 0 Å². The molecule has 0 bridgehead atoms. The van der Waals surface area contributed by atoms with Crippen molar-refractivity contribution in [2.45, 2.75) is 25.3 Å². The molecule has 0 spiro atoms. The third-order valence-corrected chi connectivity index (χ3v) is 5.06. The lowest BCUT2D eigenvalue weighted by Gasteiger charge is -2.34. The van der Waals surface area contributed by atoms with Gasteiger partial charge in [0, 0.05) is 25.2 Å². The summed E-state index contributed by atoms with van der Waals surface area (Å²) in [6.07, 6.45) is 1.13. The van der Waals surface area contributed by atoms with Gasteiger partial charge in [-0.25, -0.2) is 14.2 Å². The van der Waals surface area contributed by atoms with Gasteiger partial charge in [0.15, 0.2) is 11.7 Å². The first kappa shape index (κ1) is 20.4. The second-order valence-electron chi connectivity index (χ2n) is 6.92. The highest BCUT2D eigenvalue weighted by molar-refractivity contribution is 6.33. The van der Waals surface area contributed by atoms with Crippen LogP contribution >= 0.6 is 11.6 Å². The summed E-state index contributed by atoms with van der Waals surface area (Å²) >= 11 is 6.05. The highest BCUT2D eigenvalue weighted by Gasteiger charge is 2.38. The van der Waals surface area contributed by atoms with Gasteiger partial charge >= 0.3 is 0 Å². The molecule has 3 rings (SSSR count). The Morgan fingerprint density at radius 2 is 2.17 bits per heavy atom. The number of aliphatic imine (C=N–C) groups is 1. The van der Waals surface area contributed by atoms with Crippen LogP contribution < -0.4 is 5.73 Å². The number of guanidine groups is 1. The summed E-state index contributed by atoms with van der Waals surface area (Å²) in [5, 5.41) is 0.0797. The van der Waals surface area contributed by atoms with Crippen molar-refractivity contribution in [1.82, 2.24) is 9.88 Å². The molecular formula is C20H17ClFN5O2. The minimum Gasteiger partial charge on any atom is -0.369 e. The van der Waals surface area contributed by atoms with Gasteiger partial charge < -0.3 is 5.73 Å². The summed E-state index contributed by atoms with van der Waals surface area (Å²) in [5.74, 6) is -1.20. The molecule has 7 nitrogen and oxygen atoms in total. The lowest BCUT2D eigenvalue weighted by Crippen LogP contribution is -2.47. The first-order chi connectivity index (χ1) is 13.6. The number of nitrogens with two attached hydrogens (primary N) is 1. The molecule has 9 heteroatoms. The molecule has 1 amide bonds. The Kier molecular flexibility index (Phi) is 5.36. The molecule has 0 fully saturated rings. The normalized spacial score (nSPS) is 18.9. The van der Waals surface area contributed by atoms with Gasteiger partial charge in [0.2, 0.25) is 11.6 Å². The first-order valence-electron chi connectivity index (χ1n) is 8.61. The molecule has 2 heterocycles. The number of amides is 1. The molecule has 2 N–H and O–H groups in total.